The van der Waals surface area contributed by atoms with E-state index in [4.69, 9.17) is 18.9 Å². The molecule has 2 aliphatic heterocycles. The molecule has 0 saturated heterocycles. The summed E-state index contributed by atoms with van der Waals surface area (Å²) in [7, 11) is 0. The molecule has 2 aliphatic rings. The van der Waals surface area contributed by atoms with Crippen molar-refractivity contribution in [2.45, 2.75) is 45.3 Å². The van der Waals surface area contributed by atoms with Crippen LogP contribution in [0.4, 0.5) is 17.1 Å². The number of fused-ring (bicyclic) bond motifs is 2. The second-order valence-corrected chi connectivity index (χ2v) is 15.2. The number of carbonyl (C=O) groups excluding carboxylic acids is 6. The maximum Gasteiger partial charge on any atom is 0.258 e. The number of nitrogens with one attached hydrogen (secondary N) is 5. The van der Waals surface area contributed by atoms with E-state index in [0.717, 1.165) is 22.4 Å². The monoisotopic (exact) mass is 898 g/mol. The average molecular weight is 899 g/mol. The summed E-state index contributed by atoms with van der Waals surface area (Å²) in [6.07, 6.45) is 2.07. The van der Waals surface area contributed by atoms with Gasteiger partial charge in [0.25, 0.3) is 11.8 Å². The van der Waals surface area contributed by atoms with Crippen LogP contribution in [-0.2, 0) is 56.0 Å². The summed E-state index contributed by atoms with van der Waals surface area (Å²) < 4.78 is 22.4. The number of hydrogen-bond donors (Lipinski definition) is 5. The van der Waals surface area contributed by atoms with E-state index in [1.54, 1.807) is 30.3 Å². The number of ether oxygens (including phenoxy) is 4. The zero-order valence-electron chi connectivity index (χ0n) is 36.8. The van der Waals surface area contributed by atoms with Gasteiger partial charge in [0.1, 0.15) is 6.04 Å². The van der Waals surface area contributed by atoms with Gasteiger partial charge in [-0.1, -0.05) is 67.8 Å². The number of benzene rings is 4. The highest BCUT2D eigenvalue weighted by atomic mass is 16.6. The number of anilines is 3. The van der Waals surface area contributed by atoms with Gasteiger partial charge in [-0.3, -0.25) is 34.1 Å². The van der Waals surface area contributed by atoms with Crippen LogP contribution in [0.25, 0.3) is 11.3 Å². The predicted octanol–water partition coefficient (Wildman–Crippen LogP) is 4.75. The van der Waals surface area contributed by atoms with Gasteiger partial charge in [0.15, 0.2) is 6.29 Å². The molecule has 0 spiro atoms. The number of amides is 5. The standard InChI is InChI=1S/C50H54N6O10/c1-2-7-44(48(60)52-34-58)56-33-38-31-40(16-18-41(38)50(56)62)53-45(59)19-22-63-24-26-65-28-29-66-27-25-64-23-20-51-32-36-11-14-39(15-12-36)54-47(37-9-4-3-5-10-37)46-42-17-13-35(8-6-21-57)30-43(42)55-49(46)61/h3-5,9-18,21,30-31,34,44,51,54H,2,7,19-20,22-29,32-33H2,1H3,(H,53,59)(H,55,61)(H,52,58,60)/b47-46-. The first-order valence-electron chi connectivity index (χ1n) is 21.9. The predicted molar refractivity (Wildman–Crippen MR) is 249 cm³/mol. The summed E-state index contributed by atoms with van der Waals surface area (Å²) in [6.45, 7) is 6.53. The maximum absolute atomic E-state index is 13.3. The number of carbonyl (C=O) groups is 6. The zero-order valence-corrected chi connectivity index (χ0v) is 36.8. The highest BCUT2D eigenvalue weighted by molar-refractivity contribution is 6.37. The van der Waals surface area contributed by atoms with Crippen LogP contribution < -0.4 is 26.6 Å². The Morgan fingerprint density at radius 3 is 2.17 bits per heavy atom. The van der Waals surface area contributed by atoms with E-state index in [2.05, 4.69) is 38.4 Å². The molecule has 1 unspecified atom stereocenters. The fraction of sp³-hybridized carbons (Fsp3) is 0.320. The minimum Gasteiger partial charge on any atom is -0.379 e. The summed E-state index contributed by atoms with van der Waals surface area (Å²) in [5.74, 6) is 3.91. The van der Waals surface area contributed by atoms with Crippen LogP contribution in [0.15, 0.2) is 91.0 Å². The molecule has 66 heavy (non-hydrogen) atoms. The minimum absolute atomic E-state index is 0.135. The van der Waals surface area contributed by atoms with Crippen molar-refractivity contribution in [2.75, 3.05) is 75.4 Å². The van der Waals surface area contributed by atoms with Crippen molar-refractivity contribution in [3.05, 3.63) is 124 Å². The van der Waals surface area contributed by atoms with E-state index in [1.165, 1.54) is 4.90 Å². The normalized spacial score (nSPS) is 13.7. The summed E-state index contributed by atoms with van der Waals surface area (Å²) in [5, 5.41) is 14.8. The molecule has 4 aromatic rings. The molecule has 1 atom stereocenters. The largest absolute Gasteiger partial charge is 0.379 e. The second kappa shape index (κ2) is 25.5. The van der Waals surface area contributed by atoms with E-state index in [0.29, 0.717) is 124 Å². The van der Waals surface area contributed by atoms with Crippen LogP contribution in [0.5, 0.6) is 0 Å². The third-order valence-electron chi connectivity index (χ3n) is 10.6. The van der Waals surface area contributed by atoms with Gasteiger partial charge in [0, 0.05) is 47.7 Å². The molecule has 0 saturated carbocycles. The first kappa shape index (κ1) is 48.5. The van der Waals surface area contributed by atoms with E-state index in [1.807, 2.05) is 67.6 Å². The lowest BCUT2D eigenvalue weighted by molar-refractivity contribution is -0.129. The molecule has 0 radical (unpaired) electrons. The minimum atomic E-state index is -0.756. The molecular weight excluding hydrogens is 845 g/mol. The molecule has 16 nitrogen and oxygen atoms in total. The molecule has 16 heteroatoms. The summed E-state index contributed by atoms with van der Waals surface area (Å²) in [4.78, 5) is 74.2. The average Bonchev–Trinajstić information content (AvgIpc) is 3.83. The van der Waals surface area contributed by atoms with Crippen molar-refractivity contribution >= 4 is 64.7 Å². The molecule has 6 rings (SSSR count). The quantitative estimate of drug-likeness (QED) is 0.0251. The van der Waals surface area contributed by atoms with Gasteiger partial charge in [0.05, 0.1) is 76.2 Å². The van der Waals surface area contributed by atoms with Crippen molar-refractivity contribution < 1.29 is 47.7 Å². The first-order chi connectivity index (χ1) is 32.3. The Bertz CT molecular complexity index is 2430. The highest BCUT2D eigenvalue weighted by Gasteiger charge is 2.36. The van der Waals surface area contributed by atoms with Crippen LogP contribution in [0.2, 0.25) is 0 Å². The SMILES string of the molecule is CCCC(C(=O)NC=O)N1Cc2cc(NC(=O)CCOCCOCCOCCOCCNCc3ccc(N/C(=C4\C(=O)Nc5cc(C#CC=O)ccc54)c4ccccc4)cc3)ccc2C1=O. The van der Waals surface area contributed by atoms with Gasteiger partial charge < -0.3 is 45.1 Å². The van der Waals surface area contributed by atoms with Crippen molar-refractivity contribution in [2.24, 2.45) is 0 Å². The Labute approximate surface area is 383 Å². The Hall–Kier alpha value is -7.00. The highest BCUT2D eigenvalue weighted by Crippen LogP contribution is 2.38. The van der Waals surface area contributed by atoms with Crippen molar-refractivity contribution in [1.29, 1.82) is 0 Å². The topological polar surface area (TPSA) is 203 Å². The van der Waals surface area contributed by atoms with E-state index < -0.39 is 11.9 Å². The fourth-order valence-corrected chi connectivity index (χ4v) is 7.40. The van der Waals surface area contributed by atoms with E-state index >= 15 is 0 Å². The van der Waals surface area contributed by atoms with Crippen molar-refractivity contribution in [3.63, 3.8) is 0 Å². The molecule has 344 valence electrons. The molecule has 5 N–H and O–H groups in total. The number of rotatable bonds is 26. The molecule has 0 aliphatic carbocycles. The summed E-state index contributed by atoms with van der Waals surface area (Å²) >= 11 is 0. The smallest absolute Gasteiger partial charge is 0.258 e. The van der Waals surface area contributed by atoms with Crippen molar-refractivity contribution in [1.82, 2.24) is 15.5 Å². The molecule has 0 aromatic heterocycles. The Balaban J connectivity index is 0.789. The van der Waals surface area contributed by atoms with Crippen LogP contribution in [0, 0.1) is 11.8 Å². The third kappa shape index (κ3) is 13.8. The lowest BCUT2D eigenvalue weighted by Crippen LogP contribution is -2.46. The number of imide groups is 1. The summed E-state index contributed by atoms with van der Waals surface area (Å²) in [6, 6.07) is 27.3. The molecule has 0 bridgehead atoms. The van der Waals surface area contributed by atoms with Gasteiger partial charge in [-0.25, -0.2) is 0 Å². The van der Waals surface area contributed by atoms with Gasteiger partial charge in [0.2, 0.25) is 18.2 Å². The van der Waals surface area contributed by atoms with E-state index in [-0.39, 0.29) is 37.3 Å². The lowest BCUT2D eigenvalue weighted by Gasteiger charge is -2.25. The fourth-order valence-electron chi connectivity index (χ4n) is 7.40. The molecule has 0 fully saturated rings. The third-order valence-corrected chi connectivity index (χ3v) is 10.6. The first-order valence-corrected chi connectivity index (χ1v) is 21.9. The Morgan fingerprint density at radius 2 is 1.47 bits per heavy atom. The zero-order chi connectivity index (χ0) is 46.5. The van der Waals surface area contributed by atoms with Crippen LogP contribution in [0.1, 0.15) is 64.4 Å². The second-order valence-electron chi connectivity index (χ2n) is 15.2. The lowest BCUT2D eigenvalue weighted by atomic mass is 9.99. The summed E-state index contributed by atoms with van der Waals surface area (Å²) in [5.41, 5.74) is 7.69. The van der Waals surface area contributed by atoms with Crippen molar-refractivity contribution in [3.8, 4) is 11.8 Å². The molecule has 4 aromatic carbocycles. The van der Waals surface area contributed by atoms with Crippen LogP contribution >= 0.6 is 0 Å². The van der Waals surface area contributed by atoms with Gasteiger partial charge >= 0.3 is 0 Å². The van der Waals surface area contributed by atoms with E-state index in [9.17, 15) is 28.8 Å². The van der Waals surface area contributed by atoms with Crippen LogP contribution in [-0.4, -0.2) is 107 Å². The van der Waals surface area contributed by atoms with Gasteiger partial charge in [-0.05, 0) is 71.5 Å². The molecule has 2 heterocycles. The molecular formula is C50H54N6O10. The van der Waals surface area contributed by atoms with Crippen LogP contribution in [0.3, 0.4) is 0 Å². The Kier molecular flexibility index (Phi) is 18.7. The van der Waals surface area contributed by atoms with Gasteiger partial charge in [-0.15, -0.1) is 0 Å². The van der Waals surface area contributed by atoms with Gasteiger partial charge in [-0.2, -0.15) is 0 Å². The maximum atomic E-state index is 13.3. The number of nitrogens with zero attached hydrogens (tertiary/aromatic N) is 1. The number of aldehydes is 1. The molecule has 5 amide bonds. The number of hydrogen-bond acceptors (Lipinski definition) is 12. The Morgan fingerprint density at radius 1 is 0.788 bits per heavy atom.